The van der Waals surface area contributed by atoms with E-state index in [-0.39, 0.29) is 5.82 Å². The normalized spacial score (nSPS) is 10.6. The predicted molar refractivity (Wildman–Crippen MR) is 66.0 cm³/mol. The fourth-order valence-electron chi connectivity index (χ4n) is 1.89. The third-order valence-electron chi connectivity index (χ3n) is 2.70. The second kappa shape index (κ2) is 3.98. The van der Waals surface area contributed by atoms with Crippen molar-refractivity contribution in [2.24, 2.45) is 0 Å². The third-order valence-corrected chi connectivity index (χ3v) is 2.70. The van der Waals surface area contributed by atoms with E-state index in [0.717, 1.165) is 22.0 Å². The lowest BCUT2D eigenvalue weighted by atomic mass is 10.0. The summed E-state index contributed by atoms with van der Waals surface area (Å²) in [6, 6.07) is 17.3. The molecule has 0 fully saturated rings. The van der Waals surface area contributed by atoms with Gasteiger partial charge in [-0.25, -0.2) is 0 Å². The van der Waals surface area contributed by atoms with Crippen LogP contribution in [0.4, 0.5) is 4.39 Å². The van der Waals surface area contributed by atoms with Gasteiger partial charge in [0.05, 0.1) is 0 Å². The van der Waals surface area contributed by atoms with Gasteiger partial charge in [0.2, 0.25) is 0 Å². The Morgan fingerprint density at radius 3 is 2.71 bits per heavy atom. The van der Waals surface area contributed by atoms with Gasteiger partial charge in [0.1, 0.15) is 0 Å². The Morgan fingerprint density at radius 1 is 1.00 bits per heavy atom. The molecule has 3 aromatic rings. The number of halogens is 1. The Bertz CT molecular complexity index is 654. The zero-order valence-corrected chi connectivity index (χ0v) is 9.02. The molecule has 3 rings (SSSR count). The largest absolute Gasteiger partial charge is 0.304 e. The average molecular weight is 222 g/mol. The average Bonchev–Trinajstić information content (AvgIpc) is 2.39. The van der Waals surface area contributed by atoms with Crippen molar-refractivity contribution in [1.29, 1.82) is 0 Å². The van der Waals surface area contributed by atoms with E-state index in [0.29, 0.717) is 0 Å². The molecule has 0 radical (unpaired) electrons. The Morgan fingerprint density at radius 2 is 1.88 bits per heavy atom. The lowest BCUT2D eigenvalue weighted by Gasteiger charge is -2.11. The second-order valence-electron chi connectivity index (χ2n) is 3.80. The molecule has 2 aromatic carbocycles. The first-order valence-corrected chi connectivity index (χ1v) is 5.36. The van der Waals surface area contributed by atoms with Crippen LogP contribution < -0.4 is 0 Å². The Kier molecular flexibility index (Phi) is 2.33. The first-order valence-electron chi connectivity index (χ1n) is 5.36. The van der Waals surface area contributed by atoms with Crippen LogP contribution in [0.25, 0.3) is 22.0 Å². The van der Waals surface area contributed by atoms with E-state index in [4.69, 9.17) is 0 Å². The van der Waals surface area contributed by atoms with E-state index in [1.807, 2.05) is 30.3 Å². The summed E-state index contributed by atoms with van der Waals surface area (Å²) in [5, 5.41) is 2.17. The molecular formula is C15H9FN-. The lowest BCUT2D eigenvalue weighted by molar-refractivity contribution is 0.627. The van der Waals surface area contributed by atoms with E-state index >= 15 is 0 Å². The maximum absolute atomic E-state index is 12.9. The number of pyridine rings is 1. The highest BCUT2D eigenvalue weighted by molar-refractivity contribution is 5.94. The Balaban J connectivity index is 2.27. The van der Waals surface area contributed by atoms with Crippen LogP contribution in [-0.2, 0) is 0 Å². The third kappa shape index (κ3) is 1.78. The van der Waals surface area contributed by atoms with Crippen LogP contribution >= 0.6 is 0 Å². The summed E-state index contributed by atoms with van der Waals surface area (Å²) in [5.41, 5.74) is 1.64. The first kappa shape index (κ1) is 9.97. The maximum atomic E-state index is 12.9. The van der Waals surface area contributed by atoms with Gasteiger partial charge in [0, 0.05) is 12.0 Å². The number of nitrogens with zero attached hydrogens (tertiary/aromatic N) is 1. The van der Waals surface area contributed by atoms with Crippen molar-refractivity contribution in [2.45, 2.75) is 0 Å². The fraction of sp³-hybridized carbons (Fsp3) is 0. The molecule has 0 N–H and O–H groups in total. The molecule has 0 bridgehead atoms. The van der Waals surface area contributed by atoms with Crippen LogP contribution in [0, 0.1) is 11.9 Å². The first-order chi connectivity index (χ1) is 8.34. The standard InChI is InChI=1S/C15H9FN/c16-13-7-5-12(6-8-13)15-14-4-2-1-3-11(14)9-10-17-15/h1-5,7-10H/q-1. The van der Waals surface area contributed by atoms with Crippen LogP contribution in [-0.4, -0.2) is 4.98 Å². The van der Waals surface area contributed by atoms with Gasteiger partial charge >= 0.3 is 0 Å². The van der Waals surface area contributed by atoms with E-state index in [2.05, 4.69) is 11.1 Å². The van der Waals surface area contributed by atoms with E-state index in [1.54, 1.807) is 12.3 Å². The number of benzene rings is 2. The second-order valence-corrected chi connectivity index (χ2v) is 3.80. The Hall–Kier alpha value is -2.22. The highest BCUT2D eigenvalue weighted by atomic mass is 19.1. The Labute approximate surface area is 98.6 Å². The quantitative estimate of drug-likeness (QED) is 0.570. The van der Waals surface area contributed by atoms with E-state index in [9.17, 15) is 4.39 Å². The SMILES string of the molecule is Fc1c[c-]c(-c2nccc3ccccc23)cc1. The van der Waals surface area contributed by atoms with Crippen LogP contribution in [0.15, 0.2) is 54.7 Å². The monoisotopic (exact) mass is 222 g/mol. The number of rotatable bonds is 1. The van der Waals surface area contributed by atoms with Gasteiger partial charge in [0.15, 0.2) is 0 Å². The summed E-state index contributed by atoms with van der Waals surface area (Å²) in [5.74, 6) is -0.283. The van der Waals surface area contributed by atoms with Crippen molar-refractivity contribution in [3.8, 4) is 11.3 Å². The van der Waals surface area contributed by atoms with Crippen LogP contribution in [0.2, 0.25) is 0 Å². The summed E-state index contributed by atoms with van der Waals surface area (Å²) in [6.07, 6.45) is 1.76. The number of aromatic nitrogens is 1. The molecule has 1 heterocycles. The molecule has 0 atom stereocenters. The van der Waals surface area contributed by atoms with Crippen molar-refractivity contribution in [1.82, 2.24) is 4.98 Å². The van der Waals surface area contributed by atoms with Crippen molar-refractivity contribution in [3.05, 3.63) is 66.6 Å². The van der Waals surface area contributed by atoms with Gasteiger partial charge in [0.25, 0.3) is 0 Å². The van der Waals surface area contributed by atoms with Crippen molar-refractivity contribution in [2.75, 3.05) is 0 Å². The maximum Gasteiger partial charge on any atom is 0.0379 e. The molecule has 17 heavy (non-hydrogen) atoms. The van der Waals surface area contributed by atoms with Gasteiger partial charge < -0.3 is 4.98 Å². The molecule has 1 aromatic heterocycles. The minimum atomic E-state index is -0.283. The highest BCUT2D eigenvalue weighted by Gasteiger charge is 1.98. The lowest BCUT2D eigenvalue weighted by Crippen LogP contribution is -1.86. The minimum Gasteiger partial charge on any atom is -0.304 e. The van der Waals surface area contributed by atoms with Crippen LogP contribution in [0.3, 0.4) is 0 Å². The van der Waals surface area contributed by atoms with E-state index < -0.39 is 0 Å². The molecule has 0 amide bonds. The molecule has 0 aliphatic rings. The van der Waals surface area contributed by atoms with Gasteiger partial charge in [-0.05, 0) is 22.5 Å². The molecule has 0 spiro atoms. The zero-order chi connectivity index (χ0) is 11.7. The summed E-state index contributed by atoms with van der Waals surface area (Å²) in [4.78, 5) is 4.35. The molecule has 0 unspecified atom stereocenters. The minimum absolute atomic E-state index is 0.283. The molecular weight excluding hydrogens is 213 g/mol. The zero-order valence-electron chi connectivity index (χ0n) is 9.02. The summed E-state index contributed by atoms with van der Waals surface area (Å²) in [6.45, 7) is 0. The summed E-state index contributed by atoms with van der Waals surface area (Å²) >= 11 is 0. The topological polar surface area (TPSA) is 12.9 Å². The van der Waals surface area contributed by atoms with Crippen molar-refractivity contribution in [3.63, 3.8) is 0 Å². The fourth-order valence-corrected chi connectivity index (χ4v) is 1.89. The van der Waals surface area contributed by atoms with Crippen LogP contribution in [0.5, 0.6) is 0 Å². The van der Waals surface area contributed by atoms with E-state index in [1.165, 1.54) is 12.1 Å². The van der Waals surface area contributed by atoms with Gasteiger partial charge in [-0.3, -0.25) is 4.39 Å². The van der Waals surface area contributed by atoms with Gasteiger partial charge in [-0.15, -0.1) is 29.8 Å². The smallest absolute Gasteiger partial charge is 0.0379 e. The molecule has 0 aliphatic carbocycles. The molecule has 0 saturated heterocycles. The highest BCUT2D eigenvalue weighted by Crippen LogP contribution is 2.25. The molecule has 1 nitrogen and oxygen atoms in total. The predicted octanol–water partition coefficient (Wildman–Crippen LogP) is 3.84. The molecule has 2 heteroatoms. The van der Waals surface area contributed by atoms with Gasteiger partial charge in [-0.2, -0.15) is 0 Å². The molecule has 0 aliphatic heterocycles. The van der Waals surface area contributed by atoms with Crippen LogP contribution in [0.1, 0.15) is 0 Å². The molecule has 82 valence electrons. The van der Waals surface area contributed by atoms with Crippen molar-refractivity contribution >= 4 is 10.8 Å². The summed E-state index contributed by atoms with van der Waals surface area (Å²) < 4.78 is 12.9. The summed E-state index contributed by atoms with van der Waals surface area (Å²) in [7, 11) is 0. The molecule has 0 saturated carbocycles. The number of fused-ring (bicyclic) bond motifs is 1. The van der Waals surface area contributed by atoms with Crippen molar-refractivity contribution < 1.29 is 4.39 Å². The van der Waals surface area contributed by atoms with Gasteiger partial charge in [-0.1, -0.05) is 24.3 Å². The number of hydrogen-bond acceptors (Lipinski definition) is 1. The number of hydrogen-bond donors (Lipinski definition) is 0.